The van der Waals surface area contributed by atoms with Crippen LogP contribution in [0.4, 0.5) is 11.5 Å². The number of amides is 2. The molecule has 0 spiro atoms. The predicted molar refractivity (Wildman–Crippen MR) is 122 cm³/mol. The Morgan fingerprint density at radius 3 is 2.50 bits per heavy atom. The molecule has 0 bridgehead atoms. The van der Waals surface area contributed by atoms with Gasteiger partial charge in [-0.2, -0.15) is 4.31 Å². The van der Waals surface area contributed by atoms with Gasteiger partial charge in [0.1, 0.15) is 5.82 Å². The first-order chi connectivity index (χ1) is 15.0. The van der Waals surface area contributed by atoms with E-state index in [0.717, 1.165) is 11.3 Å². The zero-order chi connectivity index (χ0) is 23.3. The highest BCUT2D eigenvalue weighted by molar-refractivity contribution is 7.89. The van der Waals surface area contributed by atoms with E-state index in [1.165, 1.54) is 4.31 Å². The van der Waals surface area contributed by atoms with E-state index in [1.54, 1.807) is 56.3 Å². The third-order valence-electron chi connectivity index (χ3n) is 6.47. The smallest absolute Gasteiger partial charge is 0.243 e. The number of carbonyl (C=O) groups excluding carboxylic acids is 2. The van der Waals surface area contributed by atoms with Crippen LogP contribution in [0, 0.1) is 12.8 Å². The molecule has 0 atom stereocenters. The van der Waals surface area contributed by atoms with Crippen LogP contribution in [0.1, 0.15) is 37.8 Å². The summed E-state index contributed by atoms with van der Waals surface area (Å²) in [5, 5.41) is 2.83. The summed E-state index contributed by atoms with van der Waals surface area (Å²) in [6.45, 7) is 6.07. The fourth-order valence-electron chi connectivity index (χ4n) is 4.45. The van der Waals surface area contributed by atoms with Gasteiger partial charge >= 0.3 is 0 Å². The Kier molecular flexibility index (Phi) is 5.58. The molecule has 2 aromatic rings. The maximum Gasteiger partial charge on any atom is 0.243 e. The molecule has 0 aliphatic carbocycles. The average Bonchev–Trinajstić information content (AvgIpc) is 2.94. The summed E-state index contributed by atoms with van der Waals surface area (Å²) in [5.74, 6) is 0.0391. The number of hydrogen-bond acceptors (Lipinski definition) is 5. The van der Waals surface area contributed by atoms with Crippen molar-refractivity contribution >= 4 is 33.3 Å². The molecule has 1 fully saturated rings. The average molecular weight is 457 g/mol. The van der Waals surface area contributed by atoms with E-state index in [0.29, 0.717) is 24.2 Å². The van der Waals surface area contributed by atoms with Crippen molar-refractivity contribution in [3.05, 3.63) is 47.7 Å². The third kappa shape index (κ3) is 3.80. The lowest BCUT2D eigenvalue weighted by Crippen LogP contribution is -2.41. The lowest BCUT2D eigenvalue weighted by molar-refractivity contribution is -0.122. The second-order valence-electron chi connectivity index (χ2n) is 9.05. The van der Waals surface area contributed by atoms with Crippen LogP contribution in [-0.2, 0) is 25.0 Å². The Hall–Kier alpha value is -2.78. The number of anilines is 2. The Balaban J connectivity index is 1.46. The molecular formula is C23H28N4O4S. The fourth-order valence-corrected chi connectivity index (χ4v) is 5.95. The molecule has 0 unspecified atom stereocenters. The topological polar surface area (TPSA) is 99.7 Å². The van der Waals surface area contributed by atoms with Crippen LogP contribution >= 0.6 is 0 Å². The number of aromatic nitrogens is 1. The number of piperidine rings is 1. The number of sulfonamides is 1. The van der Waals surface area contributed by atoms with Gasteiger partial charge in [0.25, 0.3) is 0 Å². The van der Waals surface area contributed by atoms with Gasteiger partial charge in [-0.1, -0.05) is 0 Å². The highest BCUT2D eigenvalue weighted by atomic mass is 32.2. The predicted octanol–water partition coefficient (Wildman–Crippen LogP) is 2.68. The van der Waals surface area contributed by atoms with Gasteiger partial charge in [0.15, 0.2) is 0 Å². The van der Waals surface area contributed by atoms with E-state index in [-0.39, 0.29) is 35.7 Å². The molecule has 2 aliphatic rings. The lowest BCUT2D eigenvalue weighted by atomic mass is 9.86. The summed E-state index contributed by atoms with van der Waals surface area (Å²) in [6.07, 6.45) is 2.52. The second kappa shape index (κ2) is 7.97. The van der Waals surface area contributed by atoms with Crippen molar-refractivity contribution in [3.8, 4) is 0 Å². The summed E-state index contributed by atoms with van der Waals surface area (Å²) in [5.41, 5.74) is 1.68. The van der Waals surface area contributed by atoms with Crippen molar-refractivity contribution in [1.29, 1.82) is 0 Å². The minimum Gasteiger partial charge on any atom is -0.314 e. The normalized spacial score (nSPS) is 19.1. The van der Waals surface area contributed by atoms with Crippen LogP contribution in [0.3, 0.4) is 0 Å². The van der Waals surface area contributed by atoms with Crippen LogP contribution < -0.4 is 10.2 Å². The van der Waals surface area contributed by atoms with Crippen molar-refractivity contribution in [1.82, 2.24) is 9.29 Å². The summed E-state index contributed by atoms with van der Waals surface area (Å²) in [7, 11) is -2.02. The number of pyridine rings is 1. The van der Waals surface area contributed by atoms with E-state index >= 15 is 0 Å². The third-order valence-corrected chi connectivity index (χ3v) is 8.37. The molecule has 4 rings (SSSR count). The van der Waals surface area contributed by atoms with Gasteiger partial charge in [0, 0.05) is 37.9 Å². The van der Waals surface area contributed by atoms with Gasteiger partial charge in [-0.3, -0.25) is 9.59 Å². The molecule has 8 nitrogen and oxygen atoms in total. The second-order valence-corrected chi connectivity index (χ2v) is 11.0. The standard InChI is InChI=1S/C23H28N4O4S/c1-15-7-10-24-20(13-15)25-21(28)16-8-11-27(12-9-16)32(30,31)17-5-6-19-18(14-17)23(2,3)22(29)26(19)4/h5-7,10,13-14,16H,8-9,11-12H2,1-4H3,(H,24,25,28). The lowest BCUT2D eigenvalue weighted by Gasteiger charge is -2.30. The molecule has 0 saturated carbocycles. The molecule has 1 aromatic heterocycles. The van der Waals surface area contributed by atoms with Crippen molar-refractivity contribution < 1.29 is 18.0 Å². The van der Waals surface area contributed by atoms with E-state index in [1.807, 2.05) is 13.0 Å². The molecule has 9 heteroatoms. The quantitative estimate of drug-likeness (QED) is 0.763. The van der Waals surface area contributed by atoms with Gasteiger partial charge < -0.3 is 10.2 Å². The number of likely N-dealkylation sites (N-methyl/N-ethyl adjacent to an activating group) is 1. The Bertz CT molecular complexity index is 1180. The van der Waals surface area contributed by atoms with Crippen LogP contribution in [0.5, 0.6) is 0 Å². The number of fused-ring (bicyclic) bond motifs is 1. The summed E-state index contributed by atoms with van der Waals surface area (Å²) >= 11 is 0. The van der Waals surface area contributed by atoms with E-state index in [2.05, 4.69) is 10.3 Å². The van der Waals surface area contributed by atoms with E-state index in [4.69, 9.17) is 0 Å². The highest BCUT2D eigenvalue weighted by Crippen LogP contribution is 2.42. The van der Waals surface area contributed by atoms with Crippen LogP contribution in [-0.4, -0.2) is 49.7 Å². The van der Waals surface area contributed by atoms with E-state index in [9.17, 15) is 18.0 Å². The summed E-state index contributed by atoms with van der Waals surface area (Å²) in [4.78, 5) is 31.0. The number of hydrogen-bond donors (Lipinski definition) is 1. The monoisotopic (exact) mass is 456 g/mol. The number of benzene rings is 1. The van der Waals surface area contributed by atoms with Gasteiger partial charge in [0.2, 0.25) is 21.8 Å². The van der Waals surface area contributed by atoms with Crippen LogP contribution in [0.2, 0.25) is 0 Å². The molecule has 0 radical (unpaired) electrons. The zero-order valence-corrected chi connectivity index (χ0v) is 19.6. The molecular weight excluding hydrogens is 428 g/mol. The summed E-state index contributed by atoms with van der Waals surface area (Å²) in [6, 6.07) is 8.53. The molecule has 170 valence electrons. The Labute approximate surface area is 188 Å². The van der Waals surface area contributed by atoms with Gasteiger partial charge in [-0.15, -0.1) is 0 Å². The highest BCUT2D eigenvalue weighted by Gasteiger charge is 2.43. The maximum absolute atomic E-state index is 13.3. The number of nitrogens with zero attached hydrogens (tertiary/aromatic N) is 3. The van der Waals surface area contributed by atoms with Crippen molar-refractivity contribution in [2.45, 2.75) is 43.9 Å². The molecule has 2 aliphatic heterocycles. The minimum atomic E-state index is -3.72. The van der Waals surface area contributed by atoms with Crippen molar-refractivity contribution in [2.75, 3.05) is 30.4 Å². The van der Waals surface area contributed by atoms with Gasteiger partial charge in [-0.25, -0.2) is 13.4 Å². The van der Waals surface area contributed by atoms with Crippen LogP contribution in [0.25, 0.3) is 0 Å². The number of rotatable bonds is 4. The molecule has 1 saturated heterocycles. The SMILES string of the molecule is Cc1ccnc(NC(=O)C2CCN(S(=O)(=O)c3ccc4c(c3)C(C)(C)C(=O)N4C)CC2)c1. The van der Waals surface area contributed by atoms with E-state index < -0.39 is 15.4 Å². The Morgan fingerprint density at radius 2 is 1.84 bits per heavy atom. The Morgan fingerprint density at radius 1 is 1.16 bits per heavy atom. The van der Waals surface area contributed by atoms with Gasteiger partial charge in [-0.05, 0) is 75.1 Å². The first-order valence-electron chi connectivity index (χ1n) is 10.7. The largest absolute Gasteiger partial charge is 0.314 e. The maximum atomic E-state index is 13.3. The van der Waals surface area contributed by atoms with Crippen molar-refractivity contribution in [3.63, 3.8) is 0 Å². The molecule has 32 heavy (non-hydrogen) atoms. The fraction of sp³-hybridized carbons (Fsp3) is 0.435. The zero-order valence-electron chi connectivity index (χ0n) is 18.8. The number of aryl methyl sites for hydroxylation is 1. The first kappa shape index (κ1) is 22.4. The first-order valence-corrected chi connectivity index (χ1v) is 12.1. The van der Waals surface area contributed by atoms with Crippen molar-refractivity contribution in [2.24, 2.45) is 5.92 Å². The molecule has 2 amide bonds. The molecule has 1 N–H and O–H groups in total. The number of carbonyl (C=O) groups is 2. The van der Waals surface area contributed by atoms with Gasteiger partial charge in [0.05, 0.1) is 10.3 Å². The molecule has 3 heterocycles. The number of nitrogens with one attached hydrogen (secondary N) is 1. The molecule has 1 aromatic carbocycles. The minimum absolute atomic E-state index is 0.0584. The summed E-state index contributed by atoms with van der Waals surface area (Å²) < 4.78 is 28.0. The van der Waals surface area contributed by atoms with Crippen LogP contribution in [0.15, 0.2) is 41.4 Å².